The SMILES string of the molecule is CN(C)C(=O)CCn1c(CCCl)nc2c(F)cc(F)cc21. The molecule has 0 fully saturated rings. The zero-order valence-electron chi connectivity index (χ0n) is 11.9. The summed E-state index contributed by atoms with van der Waals surface area (Å²) in [5, 5.41) is 0. The van der Waals surface area contributed by atoms with E-state index in [1.807, 2.05) is 0 Å². The van der Waals surface area contributed by atoms with Gasteiger partial charge >= 0.3 is 0 Å². The first-order chi connectivity index (χ1) is 9.93. The van der Waals surface area contributed by atoms with E-state index in [4.69, 9.17) is 11.6 Å². The Morgan fingerprint density at radius 2 is 2.10 bits per heavy atom. The number of rotatable bonds is 5. The van der Waals surface area contributed by atoms with E-state index in [0.29, 0.717) is 30.2 Å². The summed E-state index contributed by atoms with van der Waals surface area (Å²) in [6.07, 6.45) is 0.652. The molecule has 1 amide bonds. The van der Waals surface area contributed by atoms with Gasteiger partial charge in [0.2, 0.25) is 5.91 Å². The molecule has 2 rings (SSSR count). The van der Waals surface area contributed by atoms with Gasteiger partial charge in [-0.15, -0.1) is 11.6 Å². The van der Waals surface area contributed by atoms with Crippen LogP contribution in [0.2, 0.25) is 0 Å². The highest BCUT2D eigenvalue weighted by Gasteiger charge is 2.16. The first kappa shape index (κ1) is 15.7. The van der Waals surface area contributed by atoms with Crippen LogP contribution in [0.4, 0.5) is 8.78 Å². The Bertz CT molecular complexity index is 670. The van der Waals surface area contributed by atoms with Crippen molar-refractivity contribution < 1.29 is 13.6 Å². The molecular weight excluding hydrogens is 300 g/mol. The van der Waals surface area contributed by atoms with Crippen molar-refractivity contribution in [1.29, 1.82) is 0 Å². The predicted octanol–water partition coefficient (Wildman–Crippen LogP) is 2.57. The van der Waals surface area contributed by atoms with E-state index in [1.165, 1.54) is 11.0 Å². The van der Waals surface area contributed by atoms with Crippen LogP contribution in [0.3, 0.4) is 0 Å². The lowest BCUT2D eigenvalue weighted by molar-refractivity contribution is -0.128. The first-order valence-electron chi connectivity index (χ1n) is 6.54. The van der Waals surface area contributed by atoms with E-state index in [0.717, 1.165) is 6.07 Å². The lowest BCUT2D eigenvalue weighted by Gasteiger charge is -2.12. The summed E-state index contributed by atoms with van der Waals surface area (Å²) in [7, 11) is 3.32. The molecule has 0 N–H and O–H groups in total. The molecule has 4 nitrogen and oxygen atoms in total. The van der Waals surface area contributed by atoms with Crippen molar-refractivity contribution in [1.82, 2.24) is 14.5 Å². The van der Waals surface area contributed by atoms with Crippen molar-refractivity contribution in [3.05, 3.63) is 29.6 Å². The number of carbonyl (C=O) groups excluding carboxylic acids is 1. The zero-order chi connectivity index (χ0) is 15.6. The molecular formula is C14H16ClF2N3O. The molecule has 0 aliphatic heterocycles. The molecule has 0 spiro atoms. The topological polar surface area (TPSA) is 38.1 Å². The summed E-state index contributed by atoms with van der Waals surface area (Å²) in [4.78, 5) is 17.3. The highest BCUT2D eigenvalue weighted by molar-refractivity contribution is 6.17. The molecule has 21 heavy (non-hydrogen) atoms. The number of hydrogen-bond donors (Lipinski definition) is 0. The monoisotopic (exact) mass is 315 g/mol. The Balaban J connectivity index is 2.43. The number of halogens is 3. The summed E-state index contributed by atoms with van der Waals surface area (Å²) in [5.41, 5.74) is 0.452. The quantitative estimate of drug-likeness (QED) is 0.795. The molecule has 0 aliphatic carbocycles. The van der Waals surface area contributed by atoms with Gasteiger partial charge in [0, 0.05) is 45.4 Å². The van der Waals surface area contributed by atoms with Gasteiger partial charge in [0.25, 0.3) is 0 Å². The molecule has 0 unspecified atom stereocenters. The van der Waals surface area contributed by atoms with Gasteiger partial charge in [-0.2, -0.15) is 0 Å². The molecule has 7 heteroatoms. The summed E-state index contributed by atoms with van der Waals surface area (Å²) in [6, 6.07) is 2.03. The van der Waals surface area contributed by atoms with Gasteiger partial charge in [-0.25, -0.2) is 13.8 Å². The minimum atomic E-state index is -0.710. The van der Waals surface area contributed by atoms with Gasteiger partial charge in [0.15, 0.2) is 5.82 Å². The normalized spacial score (nSPS) is 11.1. The molecule has 0 aliphatic rings. The Morgan fingerprint density at radius 1 is 1.38 bits per heavy atom. The van der Waals surface area contributed by atoms with Crippen molar-refractivity contribution >= 4 is 28.5 Å². The Hall–Kier alpha value is -1.69. The van der Waals surface area contributed by atoms with Crippen molar-refractivity contribution in [3.63, 3.8) is 0 Å². The molecule has 1 heterocycles. The zero-order valence-corrected chi connectivity index (χ0v) is 12.6. The van der Waals surface area contributed by atoms with Gasteiger partial charge in [-0.3, -0.25) is 4.79 Å². The smallest absolute Gasteiger partial charge is 0.223 e. The van der Waals surface area contributed by atoms with Gasteiger partial charge in [0.05, 0.1) is 5.52 Å². The number of hydrogen-bond acceptors (Lipinski definition) is 2. The molecule has 1 aromatic heterocycles. The van der Waals surface area contributed by atoms with E-state index in [-0.39, 0.29) is 17.8 Å². The number of imidazole rings is 1. The average Bonchev–Trinajstić information content (AvgIpc) is 2.74. The second-order valence-electron chi connectivity index (χ2n) is 4.91. The third-order valence-corrected chi connectivity index (χ3v) is 3.41. The van der Waals surface area contributed by atoms with Gasteiger partial charge in [-0.1, -0.05) is 0 Å². The third kappa shape index (κ3) is 3.32. The van der Waals surface area contributed by atoms with Crippen LogP contribution in [0.5, 0.6) is 0 Å². The number of fused-ring (bicyclic) bond motifs is 1. The number of nitrogens with zero attached hydrogens (tertiary/aromatic N) is 3. The second kappa shape index (κ2) is 6.39. The van der Waals surface area contributed by atoms with E-state index < -0.39 is 11.6 Å². The highest BCUT2D eigenvalue weighted by Crippen LogP contribution is 2.22. The maximum Gasteiger partial charge on any atom is 0.223 e. The summed E-state index contributed by atoms with van der Waals surface area (Å²) >= 11 is 5.72. The number of aromatic nitrogens is 2. The molecule has 0 radical (unpaired) electrons. The van der Waals surface area contributed by atoms with Crippen LogP contribution in [-0.4, -0.2) is 40.3 Å². The number of alkyl halides is 1. The van der Waals surface area contributed by atoms with Gasteiger partial charge in [-0.05, 0) is 6.07 Å². The Labute approximate surface area is 126 Å². The van der Waals surface area contributed by atoms with Crippen LogP contribution >= 0.6 is 11.6 Å². The fraction of sp³-hybridized carbons (Fsp3) is 0.429. The number of carbonyl (C=O) groups is 1. The van der Waals surface area contributed by atoms with Crippen LogP contribution in [0.25, 0.3) is 11.0 Å². The molecule has 0 bridgehead atoms. The molecule has 1 aromatic carbocycles. The number of amides is 1. The second-order valence-corrected chi connectivity index (χ2v) is 5.29. The van der Waals surface area contributed by atoms with Gasteiger partial charge < -0.3 is 9.47 Å². The summed E-state index contributed by atoms with van der Waals surface area (Å²) in [5.74, 6) is -0.577. The molecule has 0 saturated carbocycles. The van der Waals surface area contributed by atoms with E-state index in [9.17, 15) is 13.6 Å². The minimum absolute atomic E-state index is 0.0643. The lowest BCUT2D eigenvalue weighted by atomic mass is 10.3. The highest BCUT2D eigenvalue weighted by atomic mass is 35.5. The maximum absolute atomic E-state index is 13.8. The van der Waals surface area contributed by atoms with Crippen molar-refractivity contribution in [2.45, 2.75) is 19.4 Å². The fourth-order valence-electron chi connectivity index (χ4n) is 2.15. The Morgan fingerprint density at radius 3 is 2.71 bits per heavy atom. The van der Waals surface area contributed by atoms with E-state index >= 15 is 0 Å². The molecule has 0 atom stereocenters. The maximum atomic E-state index is 13.8. The van der Waals surface area contributed by atoms with Gasteiger partial charge in [0.1, 0.15) is 17.2 Å². The fourth-order valence-corrected chi connectivity index (χ4v) is 2.32. The average molecular weight is 316 g/mol. The third-order valence-electron chi connectivity index (χ3n) is 3.22. The summed E-state index contributed by atoms with van der Waals surface area (Å²) in [6.45, 7) is 0.308. The molecule has 0 saturated heterocycles. The largest absolute Gasteiger partial charge is 0.349 e. The van der Waals surface area contributed by atoms with Crippen LogP contribution in [-0.2, 0) is 17.8 Å². The van der Waals surface area contributed by atoms with Crippen LogP contribution in [0.15, 0.2) is 12.1 Å². The lowest BCUT2D eigenvalue weighted by Crippen LogP contribution is -2.23. The first-order valence-corrected chi connectivity index (χ1v) is 7.07. The van der Waals surface area contributed by atoms with Crippen molar-refractivity contribution in [2.24, 2.45) is 0 Å². The van der Waals surface area contributed by atoms with Crippen molar-refractivity contribution in [2.75, 3.05) is 20.0 Å². The minimum Gasteiger partial charge on any atom is -0.349 e. The van der Waals surface area contributed by atoms with E-state index in [2.05, 4.69) is 4.98 Å². The van der Waals surface area contributed by atoms with Crippen LogP contribution in [0.1, 0.15) is 12.2 Å². The standard InChI is InChI=1S/C14H16ClF2N3O/c1-19(2)13(21)4-6-20-11-8-9(16)7-10(17)14(11)18-12(20)3-5-15/h7-8H,3-6H2,1-2H3. The predicted molar refractivity (Wildman–Crippen MR) is 77.4 cm³/mol. The van der Waals surface area contributed by atoms with Crippen LogP contribution < -0.4 is 0 Å². The van der Waals surface area contributed by atoms with Crippen LogP contribution in [0, 0.1) is 11.6 Å². The van der Waals surface area contributed by atoms with Crippen molar-refractivity contribution in [3.8, 4) is 0 Å². The number of benzene rings is 1. The molecule has 114 valence electrons. The Kier molecular flexibility index (Phi) is 4.77. The number of aryl methyl sites for hydroxylation is 2. The van der Waals surface area contributed by atoms with E-state index in [1.54, 1.807) is 18.7 Å². The summed E-state index contributed by atoms with van der Waals surface area (Å²) < 4.78 is 28.9. The molecule has 2 aromatic rings.